The quantitative estimate of drug-likeness (QED) is 0.340. The van der Waals surface area contributed by atoms with Gasteiger partial charge in [-0.05, 0) is 26.7 Å². The fraction of sp³-hybridized carbons (Fsp3) is 0.786. The molecule has 0 aromatic rings. The van der Waals surface area contributed by atoms with Crippen molar-refractivity contribution in [1.29, 1.82) is 0 Å². The molecule has 1 heterocycles. The van der Waals surface area contributed by atoms with E-state index in [-0.39, 0.29) is 0 Å². The predicted octanol–water partition coefficient (Wildman–Crippen LogP) is 1.89. The number of rotatable bonds is 6. The Morgan fingerprint density at radius 2 is 2.39 bits per heavy atom. The first-order valence-corrected chi connectivity index (χ1v) is 6.96. The van der Waals surface area contributed by atoms with Gasteiger partial charge in [0.15, 0.2) is 5.96 Å². The SMILES string of the molecule is C/C=C/CCN=C(NCC)N(C)CC1CCOC1. The second kappa shape index (κ2) is 8.97. The summed E-state index contributed by atoms with van der Waals surface area (Å²) in [7, 11) is 2.11. The minimum absolute atomic E-state index is 0.648. The van der Waals surface area contributed by atoms with Crippen molar-refractivity contribution in [3.05, 3.63) is 12.2 Å². The predicted molar refractivity (Wildman–Crippen MR) is 77.0 cm³/mol. The van der Waals surface area contributed by atoms with E-state index in [1.807, 2.05) is 6.92 Å². The van der Waals surface area contributed by atoms with Gasteiger partial charge in [-0.2, -0.15) is 0 Å². The Kier molecular flexibility index (Phi) is 7.49. The number of hydrogen-bond acceptors (Lipinski definition) is 2. The van der Waals surface area contributed by atoms with Gasteiger partial charge in [0.2, 0.25) is 0 Å². The monoisotopic (exact) mass is 253 g/mol. The van der Waals surface area contributed by atoms with E-state index < -0.39 is 0 Å². The highest BCUT2D eigenvalue weighted by molar-refractivity contribution is 5.79. The minimum Gasteiger partial charge on any atom is -0.381 e. The van der Waals surface area contributed by atoms with E-state index in [1.165, 1.54) is 6.42 Å². The number of ether oxygens (including phenoxy) is 1. The fourth-order valence-corrected chi connectivity index (χ4v) is 2.08. The van der Waals surface area contributed by atoms with Crippen LogP contribution in [0, 0.1) is 5.92 Å². The van der Waals surface area contributed by atoms with E-state index in [1.54, 1.807) is 0 Å². The van der Waals surface area contributed by atoms with Crippen molar-refractivity contribution in [2.24, 2.45) is 10.9 Å². The third-order valence-corrected chi connectivity index (χ3v) is 3.05. The Morgan fingerprint density at radius 1 is 1.56 bits per heavy atom. The summed E-state index contributed by atoms with van der Waals surface area (Å²) in [5.74, 6) is 1.66. The molecule has 1 unspecified atom stereocenters. The van der Waals surface area contributed by atoms with Gasteiger partial charge in [-0.1, -0.05) is 12.2 Å². The lowest BCUT2D eigenvalue weighted by Gasteiger charge is -2.24. The summed E-state index contributed by atoms with van der Waals surface area (Å²) in [5.41, 5.74) is 0. The van der Waals surface area contributed by atoms with Gasteiger partial charge in [0, 0.05) is 39.2 Å². The largest absolute Gasteiger partial charge is 0.381 e. The van der Waals surface area contributed by atoms with Gasteiger partial charge in [-0.3, -0.25) is 4.99 Å². The molecule has 1 aliphatic heterocycles. The van der Waals surface area contributed by atoms with Crippen LogP contribution in [0.2, 0.25) is 0 Å². The molecule has 0 bridgehead atoms. The van der Waals surface area contributed by atoms with Crippen LogP contribution in [0.5, 0.6) is 0 Å². The lowest BCUT2D eigenvalue weighted by Crippen LogP contribution is -2.41. The lowest BCUT2D eigenvalue weighted by molar-refractivity contribution is 0.181. The Balaban J connectivity index is 2.42. The highest BCUT2D eigenvalue weighted by Gasteiger charge is 2.18. The smallest absolute Gasteiger partial charge is 0.193 e. The average molecular weight is 253 g/mol. The summed E-state index contributed by atoms with van der Waals surface area (Å²) in [6.45, 7) is 8.73. The van der Waals surface area contributed by atoms with Crippen molar-refractivity contribution < 1.29 is 4.74 Å². The molecular formula is C14H27N3O. The molecule has 0 aromatic heterocycles. The van der Waals surface area contributed by atoms with E-state index in [4.69, 9.17) is 4.74 Å². The number of allylic oxidation sites excluding steroid dienone is 1. The van der Waals surface area contributed by atoms with Gasteiger partial charge in [0.1, 0.15) is 0 Å². The van der Waals surface area contributed by atoms with Crippen LogP contribution in [-0.4, -0.2) is 50.8 Å². The fourth-order valence-electron chi connectivity index (χ4n) is 2.08. The van der Waals surface area contributed by atoms with E-state index in [2.05, 4.69) is 41.3 Å². The Morgan fingerprint density at radius 3 is 3.00 bits per heavy atom. The molecule has 1 aliphatic rings. The molecule has 1 fully saturated rings. The number of hydrogen-bond donors (Lipinski definition) is 1. The maximum Gasteiger partial charge on any atom is 0.193 e. The molecule has 0 amide bonds. The molecule has 4 heteroatoms. The lowest BCUT2D eigenvalue weighted by atomic mass is 10.1. The van der Waals surface area contributed by atoms with Crippen LogP contribution in [0.3, 0.4) is 0 Å². The van der Waals surface area contributed by atoms with Crippen LogP contribution >= 0.6 is 0 Å². The molecular weight excluding hydrogens is 226 g/mol. The highest BCUT2D eigenvalue weighted by atomic mass is 16.5. The molecule has 0 aromatic carbocycles. The molecule has 0 saturated carbocycles. The second-order valence-electron chi connectivity index (χ2n) is 4.70. The summed E-state index contributed by atoms with van der Waals surface area (Å²) in [6.07, 6.45) is 6.40. The Labute approximate surface area is 111 Å². The van der Waals surface area contributed by atoms with Crippen LogP contribution in [0.15, 0.2) is 17.1 Å². The molecule has 104 valence electrons. The van der Waals surface area contributed by atoms with Crippen molar-refractivity contribution in [2.75, 3.05) is 39.9 Å². The summed E-state index contributed by atoms with van der Waals surface area (Å²) in [4.78, 5) is 6.85. The molecule has 1 atom stereocenters. The first-order chi connectivity index (χ1) is 8.77. The van der Waals surface area contributed by atoms with Gasteiger partial charge in [-0.15, -0.1) is 0 Å². The average Bonchev–Trinajstić information content (AvgIpc) is 2.86. The molecule has 0 radical (unpaired) electrons. The molecule has 0 spiro atoms. The number of nitrogens with one attached hydrogen (secondary N) is 1. The maximum absolute atomic E-state index is 5.41. The van der Waals surface area contributed by atoms with Crippen LogP contribution in [-0.2, 0) is 4.74 Å². The normalized spacial score (nSPS) is 20.6. The molecule has 1 saturated heterocycles. The van der Waals surface area contributed by atoms with E-state index in [0.717, 1.165) is 45.2 Å². The van der Waals surface area contributed by atoms with Crippen molar-refractivity contribution >= 4 is 5.96 Å². The molecule has 18 heavy (non-hydrogen) atoms. The zero-order valence-electron chi connectivity index (χ0n) is 12.0. The molecule has 4 nitrogen and oxygen atoms in total. The minimum atomic E-state index is 0.648. The van der Waals surface area contributed by atoms with E-state index >= 15 is 0 Å². The van der Waals surface area contributed by atoms with Gasteiger partial charge in [0.05, 0.1) is 6.61 Å². The maximum atomic E-state index is 5.41. The standard InChI is InChI=1S/C14H27N3O/c1-4-6-7-9-16-14(15-5-2)17(3)11-13-8-10-18-12-13/h4,6,13H,5,7-12H2,1-3H3,(H,15,16)/b6-4+. The first kappa shape index (κ1) is 15.0. The summed E-state index contributed by atoms with van der Waals surface area (Å²) >= 11 is 0. The van der Waals surface area contributed by atoms with Gasteiger partial charge in [-0.25, -0.2) is 0 Å². The van der Waals surface area contributed by atoms with Crippen LogP contribution in [0.25, 0.3) is 0 Å². The summed E-state index contributed by atoms with van der Waals surface area (Å²) in [5, 5.41) is 3.34. The Hall–Kier alpha value is -1.03. The van der Waals surface area contributed by atoms with Gasteiger partial charge in [0.25, 0.3) is 0 Å². The molecule has 1 N–H and O–H groups in total. The molecule has 0 aliphatic carbocycles. The number of nitrogens with zero attached hydrogens (tertiary/aromatic N) is 2. The number of guanidine groups is 1. The third kappa shape index (κ3) is 5.54. The van der Waals surface area contributed by atoms with Crippen LogP contribution in [0.1, 0.15) is 26.7 Å². The van der Waals surface area contributed by atoms with Gasteiger partial charge < -0.3 is 15.0 Å². The van der Waals surface area contributed by atoms with Crippen molar-refractivity contribution in [1.82, 2.24) is 10.2 Å². The summed E-state index contributed by atoms with van der Waals surface area (Å²) < 4.78 is 5.41. The summed E-state index contributed by atoms with van der Waals surface area (Å²) in [6, 6.07) is 0. The van der Waals surface area contributed by atoms with Gasteiger partial charge >= 0.3 is 0 Å². The highest BCUT2D eigenvalue weighted by Crippen LogP contribution is 2.13. The second-order valence-corrected chi connectivity index (χ2v) is 4.70. The Bertz CT molecular complexity index is 270. The zero-order valence-corrected chi connectivity index (χ0v) is 12.0. The number of aliphatic imine (C=N–C) groups is 1. The van der Waals surface area contributed by atoms with E-state index in [0.29, 0.717) is 5.92 Å². The topological polar surface area (TPSA) is 36.9 Å². The zero-order chi connectivity index (χ0) is 13.2. The van der Waals surface area contributed by atoms with Crippen LogP contribution < -0.4 is 5.32 Å². The van der Waals surface area contributed by atoms with E-state index in [9.17, 15) is 0 Å². The molecule has 1 rings (SSSR count). The van der Waals surface area contributed by atoms with Crippen LogP contribution in [0.4, 0.5) is 0 Å². The van der Waals surface area contributed by atoms with Crippen molar-refractivity contribution in [3.8, 4) is 0 Å². The van der Waals surface area contributed by atoms with Crippen molar-refractivity contribution in [2.45, 2.75) is 26.7 Å². The third-order valence-electron chi connectivity index (χ3n) is 3.05. The first-order valence-electron chi connectivity index (χ1n) is 6.96. The van der Waals surface area contributed by atoms with Crippen molar-refractivity contribution in [3.63, 3.8) is 0 Å².